The van der Waals surface area contributed by atoms with Gasteiger partial charge in [-0.15, -0.1) is 11.3 Å². The zero-order chi connectivity index (χ0) is 14.1. The maximum absolute atomic E-state index is 5.79. The second-order valence-electron chi connectivity index (χ2n) is 4.12. The van der Waals surface area contributed by atoms with Gasteiger partial charge in [0, 0.05) is 16.0 Å². The summed E-state index contributed by atoms with van der Waals surface area (Å²) in [5.74, 6) is 0.781. The van der Waals surface area contributed by atoms with E-state index >= 15 is 0 Å². The number of hydrogen-bond acceptors (Lipinski definition) is 7. The summed E-state index contributed by atoms with van der Waals surface area (Å²) >= 11 is 4.88. The summed E-state index contributed by atoms with van der Waals surface area (Å²) in [6.45, 7) is 1.88. The van der Waals surface area contributed by atoms with Crippen LogP contribution in [-0.2, 0) is 0 Å². The summed E-state index contributed by atoms with van der Waals surface area (Å²) in [5, 5.41) is 6.62. The van der Waals surface area contributed by atoms with Crippen LogP contribution >= 0.6 is 27.3 Å². The summed E-state index contributed by atoms with van der Waals surface area (Å²) in [5.41, 5.74) is 7.05. The Hall–Kier alpha value is -1.64. The van der Waals surface area contributed by atoms with Gasteiger partial charge in [0.05, 0.1) is 6.04 Å². The summed E-state index contributed by atoms with van der Waals surface area (Å²) in [6, 6.07) is 3.58. The number of hydrogen-bond donors (Lipinski definition) is 1. The Morgan fingerprint density at radius 3 is 2.95 bits per heavy atom. The molecular formula is C12H10BrN5OS. The van der Waals surface area contributed by atoms with Crippen LogP contribution in [0.2, 0.25) is 0 Å². The summed E-state index contributed by atoms with van der Waals surface area (Å²) in [4.78, 5) is 12.9. The normalized spacial score (nSPS) is 12.6. The molecule has 0 saturated carbocycles. The minimum Gasteiger partial charge on any atom is -0.332 e. The summed E-state index contributed by atoms with van der Waals surface area (Å²) < 4.78 is 6.04. The second kappa shape index (κ2) is 5.39. The first-order chi connectivity index (χ1) is 9.65. The Balaban J connectivity index is 1.96. The molecule has 6 nitrogen and oxygen atoms in total. The Bertz CT molecular complexity index is 739. The number of nitrogens with zero attached hydrogens (tertiary/aromatic N) is 4. The van der Waals surface area contributed by atoms with E-state index in [1.807, 2.05) is 24.4 Å². The first kappa shape index (κ1) is 13.3. The van der Waals surface area contributed by atoms with Gasteiger partial charge in [-0.2, -0.15) is 4.98 Å². The van der Waals surface area contributed by atoms with E-state index < -0.39 is 0 Å². The molecule has 0 aromatic carbocycles. The van der Waals surface area contributed by atoms with Crippen LogP contribution in [0.15, 0.2) is 32.7 Å². The predicted molar refractivity (Wildman–Crippen MR) is 78.9 cm³/mol. The average Bonchev–Trinajstić information content (AvgIpc) is 3.08. The molecule has 0 radical (unpaired) electrons. The average molecular weight is 352 g/mol. The molecule has 0 aliphatic rings. The zero-order valence-corrected chi connectivity index (χ0v) is 12.8. The van der Waals surface area contributed by atoms with Crippen LogP contribution in [0, 0.1) is 0 Å². The molecule has 3 aromatic rings. The molecule has 0 aliphatic heterocycles. The third-order valence-electron chi connectivity index (χ3n) is 2.53. The van der Waals surface area contributed by atoms with Crippen molar-refractivity contribution in [3.05, 3.63) is 33.2 Å². The van der Waals surface area contributed by atoms with Crippen molar-refractivity contribution in [3.63, 3.8) is 0 Å². The lowest BCUT2D eigenvalue weighted by Gasteiger charge is -1.96. The van der Waals surface area contributed by atoms with Gasteiger partial charge in [-0.05, 0) is 35.0 Å². The molecule has 20 heavy (non-hydrogen) atoms. The van der Waals surface area contributed by atoms with Crippen LogP contribution in [-0.4, -0.2) is 20.1 Å². The Kier molecular flexibility index (Phi) is 3.60. The highest BCUT2D eigenvalue weighted by Crippen LogP contribution is 2.27. The fourth-order valence-corrected chi connectivity index (χ4v) is 2.75. The lowest BCUT2D eigenvalue weighted by atomic mass is 10.3. The van der Waals surface area contributed by atoms with E-state index in [1.54, 1.807) is 6.20 Å². The number of pyridine rings is 1. The lowest BCUT2D eigenvalue weighted by molar-refractivity contribution is 0.431. The van der Waals surface area contributed by atoms with Gasteiger partial charge in [-0.3, -0.25) is 4.98 Å². The smallest absolute Gasteiger partial charge is 0.277 e. The quantitative estimate of drug-likeness (QED) is 0.779. The largest absolute Gasteiger partial charge is 0.332 e. The Morgan fingerprint density at radius 2 is 2.25 bits per heavy atom. The van der Waals surface area contributed by atoms with Crippen molar-refractivity contribution in [1.82, 2.24) is 20.1 Å². The minimum absolute atomic E-state index is 0.110. The monoisotopic (exact) mass is 351 g/mol. The molecule has 0 amide bonds. The predicted octanol–water partition coefficient (Wildman–Crippen LogP) is 3.04. The highest BCUT2D eigenvalue weighted by molar-refractivity contribution is 9.10. The van der Waals surface area contributed by atoms with Gasteiger partial charge in [0.1, 0.15) is 16.4 Å². The van der Waals surface area contributed by atoms with E-state index in [0.29, 0.717) is 23.1 Å². The van der Waals surface area contributed by atoms with Crippen molar-refractivity contribution >= 4 is 27.3 Å². The molecule has 0 spiro atoms. The van der Waals surface area contributed by atoms with Crippen molar-refractivity contribution in [2.24, 2.45) is 5.73 Å². The van der Waals surface area contributed by atoms with E-state index in [1.165, 1.54) is 11.3 Å². The van der Waals surface area contributed by atoms with Gasteiger partial charge in [-0.25, -0.2) is 4.98 Å². The van der Waals surface area contributed by atoms with E-state index in [-0.39, 0.29) is 6.04 Å². The second-order valence-corrected chi connectivity index (χ2v) is 5.86. The van der Waals surface area contributed by atoms with Crippen LogP contribution in [0.25, 0.3) is 23.1 Å². The van der Waals surface area contributed by atoms with Crippen LogP contribution in [0.4, 0.5) is 0 Å². The summed E-state index contributed by atoms with van der Waals surface area (Å²) in [7, 11) is 0. The highest BCUT2D eigenvalue weighted by Gasteiger charge is 2.16. The molecule has 0 bridgehead atoms. The molecule has 102 valence electrons. The van der Waals surface area contributed by atoms with Crippen LogP contribution in [0.5, 0.6) is 0 Å². The molecule has 3 aromatic heterocycles. The number of nitrogens with two attached hydrogens (primary N) is 1. The van der Waals surface area contributed by atoms with E-state index in [9.17, 15) is 0 Å². The van der Waals surface area contributed by atoms with Gasteiger partial charge in [-0.1, -0.05) is 5.16 Å². The van der Waals surface area contributed by atoms with Gasteiger partial charge in [0.25, 0.3) is 5.89 Å². The molecule has 8 heteroatoms. The zero-order valence-electron chi connectivity index (χ0n) is 10.4. The van der Waals surface area contributed by atoms with Crippen molar-refractivity contribution in [2.75, 3.05) is 0 Å². The first-order valence-electron chi connectivity index (χ1n) is 5.81. The molecule has 3 heterocycles. The molecule has 0 fully saturated rings. The maximum Gasteiger partial charge on any atom is 0.277 e. The molecule has 1 unspecified atom stereocenters. The number of rotatable bonds is 3. The molecule has 0 aliphatic carbocycles. The minimum atomic E-state index is -0.110. The van der Waals surface area contributed by atoms with Crippen LogP contribution in [0.3, 0.4) is 0 Å². The number of thiazole rings is 1. The van der Waals surface area contributed by atoms with Crippen molar-refractivity contribution < 1.29 is 4.52 Å². The fraction of sp³-hybridized carbons (Fsp3) is 0.167. The Labute approximate surface area is 127 Å². The fourth-order valence-electron chi connectivity index (χ4n) is 1.57. The molecule has 3 rings (SSSR count). The highest BCUT2D eigenvalue weighted by atomic mass is 79.9. The topological polar surface area (TPSA) is 90.7 Å². The molecule has 2 N–H and O–H groups in total. The van der Waals surface area contributed by atoms with E-state index in [4.69, 9.17) is 10.3 Å². The van der Waals surface area contributed by atoms with Gasteiger partial charge < -0.3 is 10.3 Å². The van der Waals surface area contributed by atoms with Gasteiger partial charge in [0.2, 0.25) is 5.82 Å². The van der Waals surface area contributed by atoms with E-state index in [0.717, 1.165) is 9.48 Å². The summed E-state index contributed by atoms with van der Waals surface area (Å²) in [6.07, 6.45) is 1.67. The standard InChI is InChI=1S/C12H10BrN5OS/c1-6(14)12-16-8(5-20-12)11-17-10(18-19-11)9-7(13)3-2-4-15-9/h2-6H,14H2,1H3. The SMILES string of the molecule is CC(N)c1nc(-c2nc(-c3ncccc3Br)no2)cs1. The van der Waals surface area contributed by atoms with Crippen molar-refractivity contribution in [3.8, 4) is 23.1 Å². The van der Waals surface area contributed by atoms with Crippen LogP contribution < -0.4 is 5.73 Å². The third kappa shape index (κ3) is 2.49. The van der Waals surface area contributed by atoms with E-state index in [2.05, 4.69) is 36.0 Å². The lowest BCUT2D eigenvalue weighted by Crippen LogP contribution is -2.03. The van der Waals surface area contributed by atoms with Crippen LogP contribution in [0.1, 0.15) is 18.0 Å². The van der Waals surface area contributed by atoms with Gasteiger partial charge >= 0.3 is 0 Å². The third-order valence-corrected chi connectivity index (χ3v) is 4.21. The molecule has 1 atom stereocenters. The van der Waals surface area contributed by atoms with Crippen molar-refractivity contribution in [2.45, 2.75) is 13.0 Å². The maximum atomic E-state index is 5.79. The number of aromatic nitrogens is 4. The number of halogens is 1. The molecular weight excluding hydrogens is 342 g/mol. The molecule has 0 saturated heterocycles. The first-order valence-corrected chi connectivity index (χ1v) is 7.48. The van der Waals surface area contributed by atoms with Crippen molar-refractivity contribution in [1.29, 1.82) is 0 Å². The van der Waals surface area contributed by atoms with Gasteiger partial charge in [0.15, 0.2) is 0 Å². The Morgan fingerprint density at radius 1 is 1.40 bits per heavy atom.